The molecule has 3 aliphatic carbocycles. The first kappa shape index (κ1) is 17.8. The number of hydrogen-bond acceptors (Lipinski definition) is 4. The monoisotopic (exact) mass is 358 g/mol. The zero-order valence-corrected chi connectivity index (χ0v) is 16.4. The summed E-state index contributed by atoms with van der Waals surface area (Å²) in [5.74, 6) is 2.25. The van der Waals surface area contributed by atoms with Crippen LogP contribution in [0.15, 0.2) is 10.5 Å². The Bertz CT molecular complexity index is 749. The number of esters is 1. The molecule has 4 rings (SSSR count). The van der Waals surface area contributed by atoms with Crippen molar-refractivity contribution in [2.45, 2.75) is 71.1 Å². The average molecular weight is 358 g/mol. The molecule has 4 heteroatoms. The molecule has 0 N–H and O–H groups in total. The molecule has 0 aromatic carbocycles. The van der Waals surface area contributed by atoms with E-state index in [2.05, 4.69) is 20.8 Å². The molecule has 0 unspecified atom stereocenters. The fraction of sp³-hybridized carbons (Fsp3) is 0.727. The van der Waals surface area contributed by atoms with Crippen molar-refractivity contribution in [3.63, 3.8) is 0 Å². The maximum absolute atomic E-state index is 12.7. The van der Waals surface area contributed by atoms with Gasteiger partial charge in [-0.2, -0.15) is 0 Å². The zero-order valence-electron chi connectivity index (χ0n) is 16.4. The summed E-state index contributed by atoms with van der Waals surface area (Å²) in [5.41, 5.74) is 0.869. The zero-order chi connectivity index (χ0) is 18.7. The van der Waals surface area contributed by atoms with Crippen LogP contribution in [0.3, 0.4) is 0 Å². The van der Waals surface area contributed by atoms with E-state index < -0.39 is 0 Å². The topological polar surface area (TPSA) is 56.5 Å². The van der Waals surface area contributed by atoms with Gasteiger partial charge < -0.3 is 9.15 Å². The molecule has 1 aromatic heterocycles. The molecule has 0 amide bonds. The first-order valence-corrected chi connectivity index (χ1v) is 9.96. The number of ether oxygens (including phenoxy) is 1. The van der Waals surface area contributed by atoms with Gasteiger partial charge in [0.2, 0.25) is 0 Å². The summed E-state index contributed by atoms with van der Waals surface area (Å²) in [6.45, 7) is 6.84. The van der Waals surface area contributed by atoms with Crippen LogP contribution >= 0.6 is 0 Å². The minimum atomic E-state index is -0.388. The Kier molecular flexibility index (Phi) is 3.91. The fourth-order valence-corrected chi connectivity index (χ4v) is 7.20. The highest BCUT2D eigenvalue weighted by molar-refractivity contribution is 5.77. The number of fused-ring (bicyclic) bond motifs is 5. The van der Waals surface area contributed by atoms with E-state index in [0.29, 0.717) is 17.6 Å². The van der Waals surface area contributed by atoms with Gasteiger partial charge >= 0.3 is 5.97 Å². The lowest BCUT2D eigenvalue weighted by Gasteiger charge is -2.62. The average Bonchev–Trinajstić information content (AvgIpc) is 3.05. The van der Waals surface area contributed by atoms with Gasteiger partial charge in [-0.1, -0.05) is 20.3 Å². The molecular weight excluding hydrogens is 328 g/mol. The van der Waals surface area contributed by atoms with Gasteiger partial charge in [0.1, 0.15) is 5.76 Å². The molecule has 0 spiro atoms. The Hall–Kier alpha value is -1.58. The number of rotatable bonds is 2. The van der Waals surface area contributed by atoms with Crippen LogP contribution in [0.4, 0.5) is 0 Å². The van der Waals surface area contributed by atoms with E-state index in [0.717, 1.165) is 57.0 Å². The number of methoxy groups -OCH3 is 1. The molecule has 0 radical (unpaired) electrons. The highest BCUT2D eigenvalue weighted by Gasteiger charge is 2.63. The highest BCUT2D eigenvalue weighted by atomic mass is 16.5. The normalized spacial score (nSPS) is 41.5. The molecule has 26 heavy (non-hydrogen) atoms. The molecule has 2 fully saturated rings. The number of carbonyl (C=O) groups excluding carboxylic acids is 2. The standard InChI is InChI=1S/C22H30O4/c1-20-9-5-10-22(3,19(24)25-4)17(20)8-11-21(2)16(20)7-6-14-12-15(13-23)26-18(14)21/h12-13,16-17H,5-11H2,1-4H3/t16-,17-,20-,21-,22+/m1/s1. The van der Waals surface area contributed by atoms with E-state index in [9.17, 15) is 9.59 Å². The molecule has 0 saturated heterocycles. The fourth-order valence-electron chi connectivity index (χ4n) is 7.20. The van der Waals surface area contributed by atoms with Crippen molar-refractivity contribution in [2.24, 2.45) is 22.7 Å². The number of aldehydes is 1. The second-order valence-corrected chi connectivity index (χ2v) is 9.49. The smallest absolute Gasteiger partial charge is 0.311 e. The lowest BCUT2D eigenvalue weighted by atomic mass is 9.41. The van der Waals surface area contributed by atoms with E-state index in [-0.39, 0.29) is 22.2 Å². The SMILES string of the molecule is COC(=O)[C@@]1(C)CCC[C@]2(C)[C@H]3CCc4cc(C=O)oc4[C@]3(C)CC[C@H]21. The lowest BCUT2D eigenvalue weighted by Crippen LogP contribution is -2.59. The third-order valence-electron chi connectivity index (χ3n) is 8.31. The second-order valence-electron chi connectivity index (χ2n) is 9.49. The van der Waals surface area contributed by atoms with Gasteiger partial charge in [-0.3, -0.25) is 9.59 Å². The molecule has 1 aromatic rings. The van der Waals surface area contributed by atoms with Crippen molar-refractivity contribution in [2.75, 3.05) is 7.11 Å². The number of aryl methyl sites for hydroxylation is 1. The first-order valence-electron chi connectivity index (χ1n) is 9.96. The van der Waals surface area contributed by atoms with Crippen LogP contribution in [0.25, 0.3) is 0 Å². The summed E-state index contributed by atoms with van der Waals surface area (Å²) in [6.07, 6.45) is 8.03. The minimum Gasteiger partial charge on any atom is -0.469 e. The van der Waals surface area contributed by atoms with Crippen molar-refractivity contribution in [1.82, 2.24) is 0 Å². The molecule has 3 aliphatic rings. The second kappa shape index (κ2) is 5.71. The summed E-state index contributed by atoms with van der Waals surface area (Å²) in [7, 11) is 1.52. The Morgan fingerprint density at radius 3 is 2.65 bits per heavy atom. The minimum absolute atomic E-state index is 0.0465. The van der Waals surface area contributed by atoms with E-state index >= 15 is 0 Å². The van der Waals surface area contributed by atoms with E-state index in [1.165, 1.54) is 12.7 Å². The maximum Gasteiger partial charge on any atom is 0.311 e. The Labute approximate surface area is 155 Å². The largest absolute Gasteiger partial charge is 0.469 e. The summed E-state index contributed by atoms with van der Waals surface area (Å²) < 4.78 is 11.2. The molecule has 0 bridgehead atoms. The Morgan fingerprint density at radius 1 is 1.19 bits per heavy atom. The lowest BCUT2D eigenvalue weighted by molar-refractivity contribution is -0.176. The van der Waals surface area contributed by atoms with E-state index in [4.69, 9.17) is 9.15 Å². The molecule has 2 saturated carbocycles. The van der Waals surface area contributed by atoms with Crippen molar-refractivity contribution < 1.29 is 18.7 Å². The molecule has 0 aliphatic heterocycles. The molecule has 1 heterocycles. The van der Waals surface area contributed by atoms with Crippen LogP contribution < -0.4 is 0 Å². The predicted octanol–water partition coefficient (Wildman–Crippen LogP) is 4.69. The van der Waals surface area contributed by atoms with Crippen LogP contribution in [0.5, 0.6) is 0 Å². The summed E-state index contributed by atoms with van der Waals surface area (Å²) in [4.78, 5) is 23.9. The van der Waals surface area contributed by atoms with Gasteiger partial charge in [-0.15, -0.1) is 0 Å². The van der Waals surface area contributed by atoms with Crippen molar-refractivity contribution in [3.8, 4) is 0 Å². The summed E-state index contributed by atoms with van der Waals surface area (Å²) in [5, 5.41) is 0. The summed E-state index contributed by atoms with van der Waals surface area (Å²) >= 11 is 0. The van der Waals surface area contributed by atoms with E-state index in [1.807, 2.05) is 6.07 Å². The van der Waals surface area contributed by atoms with Crippen LogP contribution in [-0.2, 0) is 21.4 Å². The van der Waals surface area contributed by atoms with Gasteiger partial charge in [0.15, 0.2) is 12.0 Å². The Balaban J connectivity index is 1.77. The molecular formula is C22H30O4. The van der Waals surface area contributed by atoms with Gasteiger partial charge in [-0.25, -0.2) is 0 Å². The van der Waals surface area contributed by atoms with Crippen LogP contribution in [0.1, 0.15) is 81.2 Å². The van der Waals surface area contributed by atoms with Crippen molar-refractivity contribution >= 4 is 12.3 Å². The van der Waals surface area contributed by atoms with Gasteiger partial charge in [-0.05, 0) is 74.3 Å². The van der Waals surface area contributed by atoms with Crippen molar-refractivity contribution in [1.29, 1.82) is 0 Å². The number of hydrogen-bond donors (Lipinski definition) is 0. The number of carbonyl (C=O) groups is 2. The molecule has 4 nitrogen and oxygen atoms in total. The third-order valence-corrected chi connectivity index (χ3v) is 8.31. The first-order chi connectivity index (χ1) is 12.3. The van der Waals surface area contributed by atoms with Crippen LogP contribution in [-0.4, -0.2) is 19.4 Å². The van der Waals surface area contributed by atoms with Gasteiger partial charge in [0.05, 0.1) is 12.5 Å². The van der Waals surface area contributed by atoms with E-state index in [1.54, 1.807) is 0 Å². The van der Waals surface area contributed by atoms with Gasteiger partial charge in [0.25, 0.3) is 0 Å². The number of furan rings is 1. The quantitative estimate of drug-likeness (QED) is 0.568. The van der Waals surface area contributed by atoms with Crippen LogP contribution in [0, 0.1) is 22.7 Å². The predicted molar refractivity (Wildman–Crippen MR) is 98.1 cm³/mol. The van der Waals surface area contributed by atoms with Crippen molar-refractivity contribution in [3.05, 3.63) is 23.2 Å². The maximum atomic E-state index is 12.7. The third kappa shape index (κ3) is 2.13. The summed E-state index contributed by atoms with van der Waals surface area (Å²) in [6, 6.07) is 1.93. The van der Waals surface area contributed by atoms with Crippen LogP contribution in [0.2, 0.25) is 0 Å². The molecule has 142 valence electrons. The Morgan fingerprint density at radius 2 is 1.96 bits per heavy atom. The van der Waals surface area contributed by atoms with Gasteiger partial charge in [0, 0.05) is 5.41 Å². The highest BCUT2D eigenvalue weighted by Crippen LogP contribution is 2.67. The molecule has 5 atom stereocenters.